The van der Waals surface area contributed by atoms with Crippen LogP contribution in [-0.2, 0) is 4.79 Å². The summed E-state index contributed by atoms with van der Waals surface area (Å²) in [7, 11) is 0. The Morgan fingerprint density at radius 3 is 2.64 bits per heavy atom. The summed E-state index contributed by atoms with van der Waals surface area (Å²) in [5.41, 5.74) is 8.26. The first-order chi connectivity index (χ1) is 13.5. The summed E-state index contributed by atoms with van der Waals surface area (Å²) in [6.45, 7) is 1.65. The molecular formula is C21H22N4O3. The van der Waals surface area contributed by atoms with Gasteiger partial charge in [-0.25, -0.2) is 0 Å². The third kappa shape index (κ3) is 4.97. The molecule has 0 fully saturated rings. The Bertz CT molecular complexity index is 905. The summed E-state index contributed by atoms with van der Waals surface area (Å²) in [6, 6.07) is 10.1. The molecule has 1 aliphatic carbocycles. The SMILES string of the molecule is CC(Oc1cccnc1)C(=O)Nc1ccc(C(=O)NC2=C(N)CCC=C2)cc1. The van der Waals surface area contributed by atoms with E-state index in [0.717, 1.165) is 12.8 Å². The standard InChI is InChI=1S/C21H22N4O3/c1-14(28-17-5-4-12-23-13-17)20(26)24-16-10-8-15(9-11-16)21(27)25-19-7-3-2-6-18(19)22/h3-5,7-14H,2,6,22H2,1H3,(H,24,26)(H,25,27). The van der Waals surface area contributed by atoms with Gasteiger partial charge < -0.3 is 21.1 Å². The van der Waals surface area contributed by atoms with Crippen molar-refractivity contribution in [3.63, 3.8) is 0 Å². The van der Waals surface area contributed by atoms with Crippen molar-refractivity contribution in [2.45, 2.75) is 25.9 Å². The van der Waals surface area contributed by atoms with Crippen LogP contribution < -0.4 is 21.1 Å². The highest BCUT2D eigenvalue weighted by atomic mass is 16.5. The molecule has 0 saturated heterocycles. The molecule has 144 valence electrons. The van der Waals surface area contributed by atoms with Crippen molar-refractivity contribution in [3.8, 4) is 5.75 Å². The first kappa shape index (κ1) is 19.2. The number of rotatable bonds is 6. The van der Waals surface area contributed by atoms with E-state index in [0.29, 0.717) is 28.4 Å². The van der Waals surface area contributed by atoms with Crippen LogP contribution in [0.3, 0.4) is 0 Å². The van der Waals surface area contributed by atoms with E-state index in [-0.39, 0.29) is 11.8 Å². The average molecular weight is 378 g/mol. The van der Waals surface area contributed by atoms with Gasteiger partial charge >= 0.3 is 0 Å². The van der Waals surface area contributed by atoms with Gasteiger partial charge in [0, 0.05) is 23.1 Å². The van der Waals surface area contributed by atoms with Gasteiger partial charge in [-0.3, -0.25) is 14.6 Å². The molecule has 2 amide bonds. The summed E-state index contributed by atoms with van der Waals surface area (Å²) in [6.07, 6.45) is 7.87. The number of carbonyl (C=O) groups is 2. The Hall–Kier alpha value is -3.61. The summed E-state index contributed by atoms with van der Waals surface area (Å²) in [4.78, 5) is 28.6. The monoisotopic (exact) mass is 378 g/mol. The molecule has 0 bridgehead atoms. The van der Waals surface area contributed by atoms with E-state index in [9.17, 15) is 9.59 Å². The number of hydrogen-bond donors (Lipinski definition) is 3. The minimum atomic E-state index is -0.694. The van der Waals surface area contributed by atoms with Crippen molar-refractivity contribution in [1.29, 1.82) is 0 Å². The summed E-state index contributed by atoms with van der Waals surface area (Å²) in [5.74, 6) is -0.0375. The molecule has 7 nitrogen and oxygen atoms in total. The van der Waals surface area contributed by atoms with Crippen molar-refractivity contribution < 1.29 is 14.3 Å². The first-order valence-electron chi connectivity index (χ1n) is 8.97. The molecule has 0 saturated carbocycles. The van der Waals surface area contributed by atoms with Crippen LogP contribution in [0, 0.1) is 0 Å². The zero-order valence-electron chi connectivity index (χ0n) is 15.5. The molecule has 2 aromatic rings. The number of nitrogens with one attached hydrogen (secondary N) is 2. The molecule has 0 spiro atoms. The highest BCUT2D eigenvalue weighted by Gasteiger charge is 2.16. The van der Waals surface area contributed by atoms with E-state index in [1.807, 2.05) is 12.2 Å². The van der Waals surface area contributed by atoms with Gasteiger partial charge in [0.15, 0.2) is 6.10 Å². The highest BCUT2D eigenvalue weighted by molar-refractivity contribution is 5.97. The maximum absolute atomic E-state index is 12.4. The number of carbonyl (C=O) groups excluding carboxylic acids is 2. The van der Waals surface area contributed by atoms with Crippen LogP contribution in [0.15, 0.2) is 72.3 Å². The zero-order valence-corrected chi connectivity index (χ0v) is 15.5. The molecule has 1 atom stereocenters. The molecule has 1 aliphatic rings. The lowest BCUT2D eigenvalue weighted by Gasteiger charge is -2.15. The lowest BCUT2D eigenvalue weighted by atomic mass is 10.1. The molecule has 0 aliphatic heterocycles. The van der Waals surface area contributed by atoms with Gasteiger partial charge in [0.25, 0.3) is 11.8 Å². The number of benzene rings is 1. The number of nitrogens with zero attached hydrogens (tertiary/aromatic N) is 1. The molecule has 1 aromatic carbocycles. The summed E-state index contributed by atoms with van der Waals surface area (Å²) < 4.78 is 5.54. The summed E-state index contributed by atoms with van der Waals surface area (Å²) >= 11 is 0. The Labute approximate surface area is 163 Å². The maximum Gasteiger partial charge on any atom is 0.265 e. The van der Waals surface area contributed by atoms with Crippen molar-refractivity contribution in [2.24, 2.45) is 5.73 Å². The molecule has 3 rings (SSSR count). The fraction of sp³-hybridized carbons (Fsp3) is 0.190. The third-order valence-corrected chi connectivity index (χ3v) is 4.19. The normalized spacial score (nSPS) is 14.3. The first-order valence-corrected chi connectivity index (χ1v) is 8.97. The van der Waals surface area contributed by atoms with Crippen LogP contribution in [0.2, 0.25) is 0 Å². The Morgan fingerprint density at radius 2 is 1.96 bits per heavy atom. The number of ether oxygens (including phenoxy) is 1. The van der Waals surface area contributed by atoms with Gasteiger partial charge in [-0.1, -0.05) is 6.08 Å². The topological polar surface area (TPSA) is 106 Å². The average Bonchev–Trinajstić information content (AvgIpc) is 2.71. The van der Waals surface area contributed by atoms with E-state index < -0.39 is 6.10 Å². The minimum absolute atomic E-state index is 0.254. The largest absolute Gasteiger partial charge is 0.479 e. The molecule has 28 heavy (non-hydrogen) atoms. The lowest BCUT2D eigenvalue weighted by molar-refractivity contribution is -0.122. The number of aromatic nitrogens is 1. The van der Waals surface area contributed by atoms with Crippen LogP contribution in [-0.4, -0.2) is 22.9 Å². The van der Waals surface area contributed by atoms with Gasteiger partial charge in [-0.05, 0) is 62.2 Å². The predicted molar refractivity (Wildman–Crippen MR) is 106 cm³/mol. The smallest absolute Gasteiger partial charge is 0.265 e. The predicted octanol–water partition coefficient (Wildman–Crippen LogP) is 2.74. The molecule has 4 N–H and O–H groups in total. The molecule has 1 unspecified atom stereocenters. The second kappa shape index (κ2) is 8.85. The van der Waals surface area contributed by atoms with Crippen LogP contribution >= 0.6 is 0 Å². The summed E-state index contributed by atoms with van der Waals surface area (Å²) in [5, 5.41) is 5.57. The van der Waals surface area contributed by atoms with Crippen molar-refractivity contribution in [2.75, 3.05) is 5.32 Å². The van der Waals surface area contributed by atoms with E-state index >= 15 is 0 Å². The van der Waals surface area contributed by atoms with Crippen molar-refractivity contribution in [3.05, 3.63) is 77.9 Å². The van der Waals surface area contributed by atoms with E-state index in [2.05, 4.69) is 15.6 Å². The number of pyridine rings is 1. The van der Waals surface area contributed by atoms with E-state index in [4.69, 9.17) is 10.5 Å². The van der Waals surface area contributed by atoms with Crippen LogP contribution in [0.25, 0.3) is 0 Å². The molecular weight excluding hydrogens is 356 g/mol. The molecule has 7 heteroatoms. The number of nitrogens with two attached hydrogens (primary N) is 1. The Kier molecular flexibility index (Phi) is 6.06. The molecule has 1 heterocycles. The van der Waals surface area contributed by atoms with Gasteiger partial charge in [0.05, 0.1) is 11.9 Å². The van der Waals surface area contributed by atoms with Crippen LogP contribution in [0.1, 0.15) is 30.1 Å². The highest BCUT2D eigenvalue weighted by Crippen LogP contribution is 2.15. The fourth-order valence-electron chi connectivity index (χ4n) is 2.62. The molecule has 1 aromatic heterocycles. The van der Waals surface area contributed by atoms with Gasteiger partial charge in [-0.15, -0.1) is 0 Å². The van der Waals surface area contributed by atoms with E-state index in [1.54, 1.807) is 55.7 Å². The number of anilines is 1. The lowest BCUT2D eigenvalue weighted by Crippen LogP contribution is -2.30. The van der Waals surface area contributed by atoms with Crippen molar-refractivity contribution >= 4 is 17.5 Å². The van der Waals surface area contributed by atoms with Crippen molar-refractivity contribution in [1.82, 2.24) is 10.3 Å². The van der Waals surface area contributed by atoms with Crippen LogP contribution in [0.4, 0.5) is 5.69 Å². The second-order valence-electron chi connectivity index (χ2n) is 6.35. The Morgan fingerprint density at radius 1 is 1.18 bits per heavy atom. The Balaban J connectivity index is 1.57. The minimum Gasteiger partial charge on any atom is -0.479 e. The van der Waals surface area contributed by atoms with Gasteiger partial charge in [0.1, 0.15) is 5.75 Å². The number of amides is 2. The zero-order chi connectivity index (χ0) is 19.9. The quantitative estimate of drug-likeness (QED) is 0.717. The second-order valence-corrected chi connectivity index (χ2v) is 6.35. The van der Waals surface area contributed by atoms with E-state index in [1.165, 1.54) is 0 Å². The van der Waals surface area contributed by atoms with Gasteiger partial charge in [-0.2, -0.15) is 0 Å². The number of hydrogen-bond acceptors (Lipinski definition) is 5. The molecule has 0 radical (unpaired) electrons. The third-order valence-electron chi connectivity index (χ3n) is 4.19. The maximum atomic E-state index is 12.4. The van der Waals surface area contributed by atoms with Crippen LogP contribution in [0.5, 0.6) is 5.75 Å². The fourth-order valence-corrected chi connectivity index (χ4v) is 2.62. The van der Waals surface area contributed by atoms with Gasteiger partial charge in [0.2, 0.25) is 0 Å². The number of allylic oxidation sites excluding steroid dienone is 3.